The lowest BCUT2D eigenvalue weighted by Crippen LogP contribution is -2.47. The molecule has 0 amide bonds. The highest BCUT2D eigenvalue weighted by atomic mass is 32.2. The summed E-state index contributed by atoms with van der Waals surface area (Å²) in [6, 6.07) is 4.01. The zero-order valence-corrected chi connectivity index (χ0v) is 12.9. The highest BCUT2D eigenvalue weighted by Gasteiger charge is 2.40. The average molecular weight is 355 g/mol. The molecule has 1 aliphatic rings. The first-order chi connectivity index (χ1) is 10.5. The predicted molar refractivity (Wildman–Crippen MR) is 73.3 cm³/mol. The van der Waals surface area contributed by atoms with Gasteiger partial charge in [-0.3, -0.25) is 0 Å². The number of hydrogen-bond acceptors (Lipinski definition) is 5. The van der Waals surface area contributed by atoms with Gasteiger partial charge in [0.25, 0.3) is 0 Å². The lowest BCUT2D eigenvalue weighted by Gasteiger charge is -2.26. The normalized spacial score (nSPS) is 25.5. The van der Waals surface area contributed by atoms with Crippen molar-refractivity contribution in [2.75, 3.05) is 13.2 Å². The van der Waals surface area contributed by atoms with Crippen molar-refractivity contribution in [3.63, 3.8) is 0 Å². The molecule has 2 rings (SSSR count). The number of sulfonamides is 1. The smallest absolute Gasteiger partial charge is 0.406 e. The Morgan fingerprint density at radius 2 is 2.17 bits per heavy atom. The van der Waals surface area contributed by atoms with Gasteiger partial charge in [-0.1, -0.05) is 6.07 Å². The number of nitrogens with one attached hydrogen (secondary N) is 1. The van der Waals surface area contributed by atoms with E-state index in [1.165, 1.54) is 0 Å². The summed E-state index contributed by atoms with van der Waals surface area (Å²) in [4.78, 5) is -0.394. The van der Waals surface area contributed by atoms with Crippen molar-refractivity contribution in [1.29, 1.82) is 0 Å². The first kappa shape index (κ1) is 18.0. The minimum Gasteiger partial charge on any atom is -0.406 e. The molecular weight excluding hydrogens is 339 g/mol. The maximum atomic E-state index is 12.2. The maximum Gasteiger partial charge on any atom is 0.573 e. The third-order valence-corrected chi connectivity index (χ3v) is 4.98. The van der Waals surface area contributed by atoms with Gasteiger partial charge in [-0.15, -0.1) is 13.2 Å². The van der Waals surface area contributed by atoms with Crippen molar-refractivity contribution in [2.45, 2.75) is 36.3 Å². The third-order valence-electron chi connectivity index (χ3n) is 3.58. The fourth-order valence-electron chi connectivity index (χ4n) is 2.14. The number of aliphatic hydroxyl groups is 1. The van der Waals surface area contributed by atoms with Crippen LogP contribution in [0.15, 0.2) is 29.2 Å². The summed E-state index contributed by atoms with van der Waals surface area (Å²) in [5.41, 5.74) is -1.35. The van der Waals surface area contributed by atoms with Crippen LogP contribution >= 0.6 is 0 Å². The Labute approximate surface area is 131 Å². The van der Waals surface area contributed by atoms with Crippen LogP contribution in [-0.4, -0.2) is 44.7 Å². The topological polar surface area (TPSA) is 84.9 Å². The Morgan fingerprint density at radius 3 is 2.74 bits per heavy atom. The molecule has 0 spiro atoms. The quantitative estimate of drug-likeness (QED) is 0.834. The molecule has 0 aromatic heterocycles. The van der Waals surface area contributed by atoms with Gasteiger partial charge in [0.2, 0.25) is 10.0 Å². The maximum absolute atomic E-state index is 12.2. The zero-order valence-electron chi connectivity index (χ0n) is 12.1. The Kier molecular flexibility index (Phi) is 4.90. The molecule has 0 radical (unpaired) electrons. The van der Waals surface area contributed by atoms with E-state index in [0.717, 1.165) is 24.3 Å². The summed E-state index contributed by atoms with van der Waals surface area (Å²) >= 11 is 0. The number of rotatable bonds is 5. The van der Waals surface area contributed by atoms with Crippen LogP contribution in [-0.2, 0) is 14.8 Å². The number of alkyl halides is 3. The molecule has 130 valence electrons. The van der Waals surface area contributed by atoms with E-state index >= 15 is 0 Å². The average Bonchev–Trinajstić information content (AvgIpc) is 2.76. The molecule has 1 fully saturated rings. The second kappa shape index (κ2) is 6.27. The Hall–Kier alpha value is -1.36. The van der Waals surface area contributed by atoms with Crippen LogP contribution in [0.3, 0.4) is 0 Å². The van der Waals surface area contributed by atoms with Gasteiger partial charge in [0.05, 0.1) is 11.0 Å². The number of halogens is 3. The van der Waals surface area contributed by atoms with Crippen molar-refractivity contribution in [2.24, 2.45) is 0 Å². The predicted octanol–water partition coefficient (Wildman–Crippen LogP) is 1.40. The summed E-state index contributed by atoms with van der Waals surface area (Å²) in [5.74, 6) is -0.642. The van der Waals surface area contributed by atoms with Crippen LogP contribution in [0.2, 0.25) is 0 Å². The van der Waals surface area contributed by atoms with Crippen LogP contribution < -0.4 is 9.46 Å². The van der Waals surface area contributed by atoms with Crippen LogP contribution in [0.4, 0.5) is 13.2 Å². The third kappa shape index (κ3) is 4.56. The van der Waals surface area contributed by atoms with Gasteiger partial charge in [0.1, 0.15) is 11.4 Å². The van der Waals surface area contributed by atoms with Gasteiger partial charge < -0.3 is 14.6 Å². The van der Waals surface area contributed by atoms with E-state index in [1.807, 2.05) is 0 Å². The molecule has 2 atom stereocenters. The summed E-state index contributed by atoms with van der Waals surface area (Å²) in [6.07, 6.45) is -5.21. The Balaban J connectivity index is 2.12. The largest absolute Gasteiger partial charge is 0.573 e. The van der Waals surface area contributed by atoms with Crippen LogP contribution in [0.25, 0.3) is 0 Å². The standard InChI is InChI=1S/C13H16F3NO5S/c1-9-12(18,5-6-21-9)8-17-23(19,20)11-4-2-3-10(7-11)22-13(14,15)16/h2-4,7,9,17-18H,5-6,8H2,1H3. The Bertz CT molecular complexity index is 664. The summed E-state index contributed by atoms with van der Waals surface area (Å²) in [7, 11) is -4.10. The highest BCUT2D eigenvalue weighted by Crippen LogP contribution is 2.27. The van der Waals surface area contributed by atoms with Crippen LogP contribution in [0.5, 0.6) is 5.75 Å². The molecule has 1 heterocycles. The zero-order chi connectivity index (χ0) is 17.3. The van der Waals surface area contributed by atoms with Gasteiger partial charge in [-0.25, -0.2) is 13.1 Å². The van der Waals surface area contributed by atoms with Crippen molar-refractivity contribution < 1.29 is 36.2 Å². The molecule has 1 saturated heterocycles. The molecule has 23 heavy (non-hydrogen) atoms. The molecule has 6 nitrogen and oxygen atoms in total. The van der Waals surface area contributed by atoms with Crippen molar-refractivity contribution in [3.05, 3.63) is 24.3 Å². The molecular formula is C13H16F3NO5S. The first-order valence-corrected chi connectivity index (χ1v) is 8.20. The fourth-order valence-corrected chi connectivity index (χ4v) is 3.28. The lowest BCUT2D eigenvalue weighted by atomic mass is 9.97. The summed E-state index contributed by atoms with van der Waals surface area (Å²) < 4.78 is 71.9. The van der Waals surface area contributed by atoms with E-state index in [9.17, 15) is 26.7 Å². The summed E-state index contributed by atoms with van der Waals surface area (Å²) in [6.45, 7) is 1.61. The molecule has 10 heteroatoms. The minimum absolute atomic E-state index is 0.258. The van der Waals surface area contributed by atoms with Crippen LogP contribution in [0, 0.1) is 0 Å². The monoisotopic (exact) mass is 355 g/mol. The van der Waals surface area contributed by atoms with E-state index in [4.69, 9.17) is 4.74 Å². The fraction of sp³-hybridized carbons (Fsp3) is 0.538. The molecule has 0 aliphatic carbocycles. The van der Waals surface area contributed by atoms with Gasteiger partial charge in [0.15, 0.2) is 0 Å². The van der Waals surface area contributed by atoms with Gasteiger partial charge in [-0.05, 0) is 19.1 Å². The molecule has 1 aromatic carbocycles. The van der Waals surface area contributed by atoms with Crippen molar-refractivity contribution in [1.82, 2.24) is 4.72 Å². The van der Waals surface area contributed by atoms with Crippen LogP contribution in [0.1, 0.15) is 13.3 Å². The van der Waals surface area contributed by atoms with E-state index in [0.29, 0.717) is 6.61 Å². The second-order valence-electron chi connectivity index (χ2n) is 5.21. The SMILES string of the molecule is CC1OCCC1(O)CNS(=O)(=O)c1cccc(OC(F)(F)F)c1. The van der Waals surface area contributed by atoms with E-state index in [2.05, 4.69) is 9.46 Å². The summed E-state index contributed by atoms with van der Waals surface area (Å²) in [5, 5.41) is 10.3. The number of ether oxygens (including phenoxy) is 2. The molecule has 2 unspecified atom stereocenters. The van der Waals surface area contributed by atoms with Crippen molar-refractivity contribution >= 4 is 10.0 Å². The van der Waals surface area contributed by atoms with E-state index in [1.54, 1.807) is 6.92 Å². The van der Waals surface area contributed by atoms with Crippen molar-refractivity contribution in [3.8, 4) is 5.75 Å². The number of benzene rings is 1. The Morgan fingerprint density at radius 1 is 1.48 bits per heavy atom. The lowest BCUT2D eigenvalue weighted by molar-refractivity contribution is -0.274. The number of hydrogen-bond donors (Lipinski definition) is 2. The van der Waals surface area contributed by atoms with Gasteiger partial charge in [0, 0.05) is 25.6 Å². The van der Waals surface area contributed by atoms with Gasteiger partial charge >= 0.3 is 6.36 Å². The first-order valence-electron chi connectivity index (χ1n) is 6.71. The molecule has 1 aromatic rings. The molecule has 1 aliphatic heterocycles. The second-order valence-corrected chi connectivity index (χ2v) is 6.98. The van der Waals surface area contributed by atoms with E-state index < -0.39 is 38.7 Å². The minimum atomic E-state index is -4.92. The van der Waals surface area contributed by atoms with E-state index in [-0.39, 0.29) is 13.0 Å². The highest BCUT2D eigenvalue weighted by molar-refractivity contribution is 7.89. The molecule has 2 N–H and O–H groups in total. The molecule has 0 bridgehead atoms. The molecule has 0 saturated carbocycles. The van der Waals surface area contributed by atoms with Gasteiger partial charge in [-0.2, -0.15) is 0 Å².